The maximum absolute atomic E-state index is 12.6. The zero-order chi connectivity index (χ0) is 20.8. The van der Waals surface area contributed by atoms with Gasteiger partial charge >= 0.3 is 0 Å². The molecule has 1 amide bonds. The maximum atomic E-state index is 12.6. The summed E-state index contributed by atoms with van der Waals surface area (Å²) in [6.45, 7) is 0.199. The number of amides is 1. The van der Waals surface area contributed by atoms with Crippen LogP contribution in [0.5, 0.6) is 11.5 Å². The lowest BCUT2D eigenvalue weighted by Crippen LogP contribution is -2.14. The van der Waals surface area contributed by atoms with Crippen molar-refractivity contribution in [2.24, 2.45) is 0 Å². The van der Waals surface area contributed by atoms with E-state index in [1.807, 2.05) is 52.9 Å². The molecule has 0 fully saturated rings. The van der Waals surface area contributed by atoms with E-state index in [4.69, 9.17) is 19.4 Å². The summed E-state index contributed by atoms with van der Waals surface area (Å²) in [5, 5.41) is 4.61. The second kappa shape index (κ2) is 7.17. The van der Waals surface area contributed by atoms with Crippen LogP contribution in [-0.4, -0.2) is 32.8 Å². The van der Waals surface area contributed by atoms with Crippen LogP contribution >= 0.6 is 11.8 Å². The number of hydrogen-bond acceptors (Lipinski definition) is 6. The molecule has 0 aliphatic carbocycles. The van der Waals surface area contributed by atoms with Crippen LogP contribution in [-0.2, 0) is 4.79 Å². The number of nitrogens with zero attached hydrogens (tertiary/aromatic N) is 3. The van der Waals surface area contributed by atoms with Gasteiger partial charge in [0.1, 0.15) is 5.65 Å². The van der Waals surface area contributed by atoms with Crippen LogP contribution in [0.2, 0.25) is 0 Å². The first-order valence-corrected chi connectivity index (χ1v) is 10.7. The molecule has 0 radical (unpaired) electrons. The fourth-order valence-corrected chi connectivity index (χ4v) is 4.52. The van der Waals surface area contributed by atoms with Crippen molar-refractivity contribution in [1.82, 2.24) is 14.4 Å². The first kappa shape index (κ1) is 18.0. The number of anilines is 1. The molecule has 3 heterocycles. The lowest BCUT2D eigenvalue weighted by atomic mass is 10.2. The van der Waals surface area contributed by atoms with Gasteiger partial charge in [-0.2, -0.15) is 0 Å². The molecule has 0 atom stereocenters. The van der Waals surface area contributed by atoms with Gasteiger partial charge in [-0.05, 0) is 36.4 Å². The van der Waals surface area contributed by atoms with Gasteiger partial charge in [0.2, 0.25) is 12.7 Å². The van der Waals surface area contributed by atoms with E-state index in [0.29, 0.717) is 17.2 Å². The van der Waals surface area contributed by atoms with Crippen LogP contribution in [0, 0.1) is 0 Å². The number of carbonyl (C=O) groups is 1. The Balaban J connectivity index is 1.32. The van der Waals surface area contributed by atoms with Crippen LogP contribution in [0.3, 0.4) is 0 Å². The lowest BCUT2D eigenvalue weighted by molar-refractivity contribution is -0.113. The fourth-order valence-electron chi connectivity index (χ4n) is 3.71. The molecule has 31 heavy (non-hydrogen) atoms. The quantitative estimate of drug-likeness (QED) is 0.336. The second-order valence-corrected chi connectivity index (χ2v) is 8.02. The Labute approximate surface area is 181 Å². The van der Waals surface area contributed by atoms with Gasteiger partial charge in [-0.25, -0.2) is 9.97 Å². The number of thioether (sulfide) groups is 1. The number of ether oxygens (including phenoxy) is 2. The molecule has 0 bridgehead atoms. The van der Waals surface area contributed by atoms with Crippen molar-refractivity contribution in [3.63, 3.8) is 0 Å². The van der Waals surface area contributed by atoms with Crippen molar-refractivity contribution in [2.75, 3.05) is 17.9 Å². The van der Waals surface area contributed by atoms with Gasteiger partial charge in [-0.15, -0.1) is 0 Å². The van der Waals surface area contributed by atoms with E-state index in [1.54, 1.807) is 18.2 Å². The Morgan fingerprint density at radius 2 is 1.77 bits per heavy atom. The van der Waals surface area contributed by atoms with Gasteiger partial charge in [0.05, 0.1) is 22.3 Å². The average molecular weight is 428 g/mol. The molecule has 0 saturated carbocycles. The molecule has 3 aromatic carbocycles. The third-order valence-corrected chi connectivity index (χ3v) is 6.04. The van der Waals surface area contributed by atoms with Crippen molar-refractivity contribution in [2.45, 2.75) is 5.16 Å². The summed E-state index contributed by atoms with van der Waals surface area (Å²) in [5.41, 5.74) is 4.22. The smallest absolute Gasteiger partial charge is 0.234 e. The maximum Gasteiger partial charge on any atom is 0.234 e. The third-order valence-electron chi connectivity index (χ3n) is 5.10. The van der Waals surface area contributed by atoms with Crippen LogP contribution in [0.4, 0.5) is 5.69 Å². The van der Waals surface area contributed by atoms with Gasteiger partial charge in [0, 0.05) is 17.1 Å². The van der Waals surface area contributed by atoms with Gasteiger partial charge in [0.15, 0.2) is 16.7 Å². The number of carbonyl (C=O) groups excluding carboxylic acids is 1. The van der Waals surface area contributed by atoms with Gasteiger partial charge in [-0.3, -0.25) is 9.20 Å². The number of aromatic nitrogens is 3. The number of hydrogen-bond donors (Lipinski definition) is 1. The number of fused-ring (bicyclic) bond motifs is 6. The highest BCUT2D eigenvalue weighted by Crippen LogP contribution is 2.34. The highest BCUT2D eigenvalue weighted by molar-refractivity contribution is 7.99. The predicted molar refractivity (Wildman–Crippen MR) is 120 cm³/mol. The van der Waals surface area contributed by atoms with E-state index in [9.17, 15) is 4.79 Å². The highest BCUT2D eigenvalue weighted by atomic mass is 32.2. The summed E-state index contributed by atoms with van der Waals surface area (Å²) in [5.74, 6) is 1.40. The summed E-state index contributed by atoms with van der Waals surface area (Å²) in [4.78, 5) is 22.3. The number of nitrogens with one attached hydrogen (secondary N) is 1. The Morgan fingerprint density at radius 3 is 2.71 bits per heavy atom. The number of imidazole rings is 1. The summed E-state index contributed by atoms with van der Waals surface area (Å²) in [7, 11) is 0. The predicted octanol–water partition coefficient (Wildman–Crippen LogP) is 4.50. The lowest BCUT2D eigenvalue weighted by Gasteiger charge is -2.09. The average Bonchev–Trinajstić information content (AvgIpc) is 3.42. The second-order valence-electron chi connectivity index (χ2n) is 7.08. The van der Waals surface area contributed by atoms with Gasteiger partial charge in [0.25, 0.3) is 0 Å². The minimum absolute atomic E-state index is 0.128. The number of benzene rings is 3. The van der Waals surface area contributed by atoms with Crippen molar-refractivity contribution in [1.29, 1.82) is 0 Å². The molecular weight excluding hydrogens is 412 g/mol. The molecule has 6 rings (SSSR count). The molecule has 0 unspecified atom stereocenters. The van der Waals surface area contributed by atoms with Crippen molar-refractivity contribution >= 4 is 50.9 Å². The van der Waals surface area contributed by atoms with E-state index in [0.717, 1.165) is 32.7 Å². The molecule has 1 aliphatic rings. The zero-order valence-corrected chi connectivity index (χ0v) is 17.1. The largest absolute Gasteiger partial charge is 0.454 e. The van der Waals surface area contributed by atoms with E-state index in [1.165, 1.54) is 11.8 Å². The fraction of sp³-hybridized carbons (Fsp3) is 0.0870. The van der Waals surface area contributed by atoms with E-state index in [2.05, 4.69) is 5.32 Å². The Kier molecular flexibility index (Phi) is 4.17. The summed E-state index contributed by atoms with van der Waals surface area (Å²) in [6.07, 6.45) is 0. The van der Waals surface area contributed by atoms with E-state index < -0.39 is 0 Å². The van der Waals surface area contributed by atoms with Crippen molar-refractivity contribution < 1.29 is 14.3 Å². The van der Waals surface area contributed by atoms with Crippen molar-refractivity contribution in [3.8, 4) is 11.5 Å². The number of rotatable bonds is 4. The minimum Gasteiger partial charge on any atom is -0.454 e. The zero-order valence-electron chi connectivity index (χ0n) is 16.2. The summed E-state index contributed by atoms with van der Waals surface area (Å²) in [6, 6.07) is 21.2. The van der Waals surface area contributed by atoms with Crippen LogP contribution in [0.25, 0.3) is 27.6 Å². The van der Waals surface area contributed by atoms with Gasteiger partial charge < -0.3 is 14.8 Å². The van der Waals surface area contributed by atoms with Crippen LogP contribution < -0.4 is 14.8 Å². The number of para-hydroxylation sites is 3. The first-order valence-electron chi connectivity index (χ1n) is 9.74. The Hall–Kier alpha value is -3.78. The Morgan fingerprint density at radius 1 is 0.968 bits per heavy atom. The third kappa shape index (κ3) is 3.12. The van der Waals surface area contributed by atoms with Gasteiger partial charge in [-0.1, -0.05) is 36.0 Å². The molecule has 7 nitrogen and oxygen atoms in total. The molecule has 0 saturated heterocycles. The monoisotopic (exact) mass is 428 g/mol. The summed E-state index contributed by atoms with van der Waals surface area (Å²) >= 11 is 1.38. The Bertz CT molecular complexity index is 1480. The molecule has 2 aromatic heterocycles. The van der Waals surface area contributed by atoms with E-state index in [-0.39, 0.29) is 18.5 Å². The summed E-state index contributed by atoms with van der Waals surface area (Å²) < 4.78 is 12.7. The molecular formula is C23H16N4O3S. The SMILES string of the molecule is O=C(CSc1nc2ccccc2c2nc3ccccc3n12)Nc1ccc2c(c1)OCO2. The standard InChI is InChI=1S/C23H16N4O3S/c28-21(24-14-9-10-19-20(11-14)30-13-29-19)12-31-23-26-16-6-2-1-5-15(16)22-25-17-7-3-4-8-18(17)27(22)23/h1-11H,12-13H2,(H,24,28). The van der Waals surface area contributed by atoms with Crippen LogP contribution in [0.1, 0.15) is 0 Å². The normalized spacial score (nSPS) is 12.6. The highest BCUT2D eigenvalue weighted by Gasteiger charge is 2.17. The molecule has 0 spiro atoms. The molecule has 5 aromatic rings. The molecule has 8 heteroatoms. The molecule has 1 N–H and O–H groups in total. The van der Waals surface area contributed by atoms with Crippen LogP contribution in [0.15, 0.2) is 71.9 Å². The topological polar surface area (TPSA) is 77.8 Å². The molecule has 152 valence electrons. The van der Waals surface area contributed by atoms with E-state index >= 15 is 0 Å². The molecule has 1 aliphatic heterocycles. The van der Waals surface area contributed by atoms with Crippen molar-refractivity contribution in [3.05, 3.63) is 66.7 Å². The first-order chi connectivity index (χ1) is 15.3. The minimum atomic E-state index is -0.128.